The van der Waals surface area contributed by atoms with E-state index in [1.165, 1.54) is 25.7 Å². The third-order valence-corrected chi connectivity index (χ3v) is 3.19. The van der Waals surface area contributed by atoms with Crippen LogP contribution in [-0.4, -0.2) is 48.3 Å². The Morgan fingerprint density at radius 3 is 2.55 bits per heavy atom. The van der Waals surface area contributed by atoms with Crippen molar-refractivity contribution in [2.45, 2.75) is 31.8 Å². The fraction of sp³-hybridized carbons (Fsp3) is 0.750. The number of nitrogens with two attached hydrogens (primary N) is 1. The largest absolute Gasteiger partial charge is 0.376 e. The van der Waals surface area contributed by atoms with Crippen LogP contribution in [0.1, 0.15) is 25.7 Å². The first-order valence-corrected chi connectivity index (χ1v) is 6.94. The molecule has 0 saturated heterocycles. The predicted octanol–water partition coefficient (Wildman–Crippen LogP) is 0.594. The fourth-order valence-electron chi connectivity index (χ4n) is 2.15. The average molecular weight is 281 g/mol. The van der Waals surface area contributed by atoms with E-state index in [-0.39, 0.29) is 0 Å². The summed E-state index contributed by atoms with van der Waals surface area (Å²) in [6, 6.07) is 0. The van der Waals surface area contributed by atoms with E-state index < -0.39 is 0 Å². The number of rotatable bonds is 7. The maximum Gasteiger partial charge on any atom is 0.243 e. The van der Waals surface area contributed by atoms with E-state index in [0.717, 1.165) is 0 Å². The van der Waals surface area contributed by atoms with Crippen LogP contribution in [0.15, 0.2) is 0 Å². The molecule has 8 nitrogen and oxygen atoms in total. The van der Waals surface area contributed by atoms with Crippen LogP contribution in [-0.2, 0) is 4.74 Å². The molecular formula is C12H23N7O. The first kappa shape index (κ1) is 14.7. The highest BCUT2D eigenvalue weighted by Crippen LogP contribution is 2.20. The van der Waals surface area contributed by atoms with Crippen molar-refractivity contribution in [3.05, 3.63) is 0 Å². The Kier molecular flexibility index (Phi) is 5.31. The molecule has 1 heterocycles. The van der Waals surface area contributed by atoms with Gasteiger partial charge in [0.1, 0.15) is 0 Å². The van der Waals surface area contributed by atoms with Gasteiger partial charge in [-0.05, 0) is 12.8 Å². The molecule has 1 aliphatic rings. The minimum atomic E-state index is 0.336. The summed E-state index contributed by atoms with van der Waals surface area (Å²) in [4.78, 5) is 14.4. The van der Waals surface area contributed by atoms with Crippen LogP contribution < -0.4 is 21.5 Å². The number of hydrogen-bond acceptors (Lipinski definition) is 8. The molecule has 1 fully saturated rings. The molecule has 0 spiro atoms. The minimum Gasteiger partial charge on any atom is -0.376 e. The molecular weight excluding hydrogens is 258 g/mol. The molecule has 0 bridgehead atoms. The van der Waals surface area contributed by atoms with Gasteiger partial charge in [0.05, 0.1) is 12.7 Å². The SMILES string of the molecule is CN(C)c1nc(NN)nc(NCCOC2CCCC2)n1. The second-order valence-electron chi connectivity index (χ2n) is 5.03. The highest BCUT2D eigenvalue weighted by atomic mass is 16.5. The Morgan fingerprint density at radius 1 is 1.20 bits per heavy atom. The van der Waals surface area contributed by atoms with Crippen LogP contribution in [0.25, 0.3) is 0 Å². The van der Waals surface area contributed by atoms with Crippen LogP contribution in [0.4, 0.5) is 17.8 Å². The number of nitrogens with one attached hydrogen (secondary N) is 2. The number of hydrazine groups is 1. The Hall–Kier alpha value is -1.67. The molecule has 0 aliphatic heterocycles. The van der Waals surface area contributed by atoms with Gasteiger partial charge in [-0.3, -0.25) is 5.43 Å². The molecule has 1 aromatic heterocycles. The van der Waals surface area contributed by atoms with Crippen LogP contribution >= 0.6 is 0 Å². The molecule has 8 heteroatoms. The van der Waals surface area contributed by atoms with Crippen molar-refractivity contribution >= 4 is 17.8 Å². The van der Waals surface area contributed by atoms with Crippen molar-refractivity contribution in [2.24, 2.45) is 5.84 Å². The first-order chi connectivity index (χ1) is 9.69. The molecule has 0 atom stereocenters. The molecule has 2 rings (SSSR count). The molecule has 1 saturated carbocycles. The Labute approximate surface area is 119 Å². The average Bonchev–Trinajstić information content (AvgIpc) is 2.96. The maximum absolute atomic E-state index is 5.77. The summed E-state index contributed by atoms with van der Waals surface area (Å²) < 4.78 is 5.77. The van der Waals surface area contributed by atoms with Gasteiger partial charge >= 0.3 is 0 Å². The summed E-state index contributed by atoms with van der Waals surface area (Å²) in [6.45, 7) is 1.32. The molecule has 0 amide bonds. The van der Waals surface area contributed by atoms with Gasteiger partial charge < -0.3 is 15.0 Å². The minimum absolute atomic E-state index is 0.336. The quantitative estimate of drug-likeness (QED) is 0.379. The maximum atomic E-state index is 5.77. The van der Waals surface area contributed by atoms with Gasteiger partial charge in [0.15, 0.2) is 0 Å². The fourth-order valence-corrected chi connectivity index (χ4v) is 2.15. The Balaban J connectivity index is 1.83. The zero-order valence-electron chi connectivity index (χ0n) is 12.1. The molecule has 1 aromatic rings. The molecule has 20 heavy (non-hydrogen) atoms. The Bertz CT molecular complexity index is 420. The van der Waals surface area contributed by atoms with Gasteiger partial charge in [-0.15, -0.1) is 0 Å². The summed E-state index contributed by atoms with van der Waals surface area (Å²) >= 11 is 0. The van der Waals surface area contributed by atoms with Gasteiger partial charge in [0.25, 0.3) is 0 Å². The van der Waals surface area contributed by atoms with E-state index in [4.69, 9.17) is 10.6 Å². The van der Waals surface area contributed by atoms with Crippen molar-refractivity contribution in [1.82, 2.24) is 15.0 Å². The third-order valence-electron chi connectivity index (χ3n) is 3.19. The lowest BCUT2D eigenvalue weighted by Crippen LogP contribution is -2.20. The summed E-state index contributed by atoms with van der Waals surface area (Å²) in [6.07, 6.45) is 5.34. The summed E-state index contributed by atoms with van der Waals surface area (Å²) in [5, 5.41) is 3.13. The Morgan fingerprint density at radius 2 is 1.90 bits per heavy atom. The second-order valence-corrected chi connectivity index (χ2v) is 5.03. The summed E-state index contributed by atoms with van der Waals surface area (Å²) in [5.41, 5.74) is 2.44. The zero-order chi connectivity index (χ0) is 14.4. The van der Waals surface area contributed by atoms with E-state index >= 15 is 0 Å². The number of ether oxygens (including phenoxy) is 1. The lowest BCUT2D eigenvalue weighted by molar-refractivity contribution is 0.0658. The molecule has 112 valence electrons. The normalized spacial score (nSPS) is 15.3. The smallest absolute Gasteiger partial charge is 0.243 e. The van der Waals surface area contributed by atoms with Crippen LogP contribution in [0.5, 0.6) is 0 Å². The summed E-state index contributed by atoms with van der Waals surface area (Å²) in [5.74, 6) is 6.73. The second kappa shape index (κ2) is 7.20. The molecule has 0 radical (unpaired) electrons. The lowest BCUT2D eigenvalue weighted by atomic mass is 10.3. The third kappa shape index (κ3) is 4.17. The topological polar surface area (TPSA) is 101 Å². The standard InChI is InChI=1S/C12H23N7O/c1-19(2)12-16-10(15-11(17-12)18-13)14-7-8-20-9-5-3-4-6-9/h9H,3-8,13H2,1-2H3,(H2,14,15,16,17,18). The highest BCUT2D eigenvalue weighted by Gasteiger charge is 2.14. The van der Waals surface area contributed by atoms with Gasteiger partial charge in [-0.2, -0.15) is 15.0 Å². The van der Waals surface area contributed by atoms with E-state index in [1.807, 2.05) is 14.1 Å². The first-order valence-electron chi connectivity index (χ1n) is 6.94. The molecule has 0 aromatic carbocycles. The zero-order valence-corrected chi connectivity index (χ0v) is 12.1. The molecule has 4 N–H and O–H groups in total. The molecule has 1 aliphatic carbocycles. The van der Waals surface area contributed by atoms with Crippen molar-refractivity contribution in [3.63, 3.8) is 0 Å². The van der Waals surface area contributed by atoms with Crippen molar-refractivity contribution < 1.29 is 4.74 Å². The monoisotopic (exact) mass is 281 g/mol. The van der Waals surface area contributed by atoms with E-state index in [9.17, 15) is 0 Å². The molecule has 0 unspecified atom stereocenters. The van der Waals surface area contributed by atoms with Gasteiger partial charge in [-0.1, -0.05) is 12.8 Å². The highest BCUT2D eigenvalue weighted by molar-refractivity contribution is 5.42. The van der Waals surface area contributed by atoms with Gasteiger partial charge in [-0.25, -0.2) is 5.84 Å². The van der Waals surface area contributed by atoms with Gasteiger partial charge in [0, 0.05) is 20.6 Å². The lowest BCUT2D eigenvalue weighted by Gasteiger charge is -2.14. The van der Waals surface area contributed by atoms with Gasteiger partial charge in [0.2, 0.25) is 17.8 Å². The number of anilines is 3. The van der Waals surface area contributed by atoms with Crippen LogP contribution in [0, 0.1) is 0 Å². The number of hydrogen-bond donors (Lipinski definition) is 3. The van der Waals surface area contributed by atoms with E-state index in [1.54, 1.807) is 4.90 Å². The van der Waals surface area contributed by atoms with Crippen molar-refractivity contribution in [1.29, 1.82) is 0 Å². The summed E-state index contributed by atoms with van der Waals surface area (Å²) in [7, 11) is 3.73. The van der Waals surface area contributed by atoms with Crippen molar-refractivity contribution in [3.8, 4) is 0 Å². The van der Waals surface area contributed by atoms with Crippen LogP contribution in [0.2, 0.25) is 0 Å². The number of aromatic nitrogens is 3. The number of nitrogens with zero attached hydrogens (tertiary/aromatic N) is 4. The van der Waals surface area contributed by atoms with E-state index in [0.29, 0.717) is 37.1 Å². The van der Waals surface area contributed by atoms with E-state index in [2.05, 4.69) is 25.7 Å². The van der Waals surface area contributed by atoms with Crippen molar-refractivity contribution in [2.75, 3.05) is 42.9 Å². The number of nitrogen functional groups attached to an aromatic ring is 1. The predicted molar refractivity (Wildman–Crippen MR) is 78.7 cm³/mol. The van der Waals surface area contributed by atoms with Crippen LogP contribution in [0.3, 0.4) is 0 Å².